The number of sulfonamides is 2. The summed E-state index contributed by atoms with van der Waals surface area (Å²) in [7, 11) is -8.84. The first kappa shape index (κ1) is 19.4. The van der Waals surface area contributed by atoms with E-state index in [1.165, 1.54) is 66.7 Å². The first-order valence-electron chi connectivity index (χ1n) is 7.70. The number of nitrogens with zero attached hydrogens (tertiary/aromatic N) is 1. The van der Waals surface area contributed by atoms with Crippen LogP contribution in [0.1, 0.15) is 0 Å². The summed E-state index contributed by atoms with van der Waals surface area (Å²) in [4.78, 5) is -0.290. The van der Waals surface area contributed by atoms with Gasteiger partial charge in [-0.3, -0.25) is 0 Å². The fourth-order valence-corrected chi connectivity index (χ4v) is 7.02. The summed E-state index contributed by atoms with van der Waals surface area (Å²) in [5.41, 5.74) is 6.02. The maximum atomic E-state index is 13.3. The summed E-state index contributed by atoms with van der Waals surface area (Å²) in [5, 5.41) is 0. The van der Waals surface area contributed by atoms with Crippen LogP contribution in [0.15, 0.2) is 93.1 Å². The van der Waals surface area contributed by atoms with Crippen LogP contribution in [-0.2, 0) is 20.0 Å². The molecule has 27 heavy (non-hydrogen) atoms. The van der Waals surface area contributed by atoms with Crippen molar-refractivity contribution in [2.45, 2.75) is 9.79 Å². The van der Waals surface area contributed by atoms with Gasteiger partial charge in [0.05, 0.1) is 15.5 Å². The van der Waals surface area contributed by atoms with Gasteiger partial charge in [-0.1, -0.05) is 36.4 Å². The second-order valence-electron chi connectivity index (χ2n) is 5.54. The van der Waals surface area contributed by atoms with E-state index in [2.05, 4.69) is 15.9 Å². The topological polar surface area (TPSA) is 97.5 Å². The van der Waals surface area contributed by atoms with E-state index < -0.39 is 20.0 Å². The quantitative estimate of drug-likeness (QED) is 0.579. The van der Waals surface area contributed by atoms with Gasteiger partial charge in [0, 0.05) is 10.2 Å². The molecular weight excluding hydrogens is 452 g/mol. The number of halogens is 1. The maximum Gasteiger partial charge on any atom is 0.277 e. The van der Waals surface area contributed by atoms with Crippen molar-refractivity contribution in [2.75, 3.05) is 9.44 Å². The van der Waals surface area contributed by atoms with Gasteiger partial charge in [0.25, 0.3) is 20.0 Å². The Morgan fingerprint density at radius 1 is 0.704 bits per heavy atom. The lowest BCUT2D eigenvalue weighted by Gasteiger charge is -2.25. The summed E-state index contributed by atoms with van der Waals surface area (Å²) in [6.07, 6.45) is 0. The second-order valence-corrected chi connectivity index (χ2v) is 10.2. The molecule has 140 valence electrons. The average Bonchev–Trinajstić information content (AvgIpc) is 2.65. The van der Waals surface area contributed by atoms with Gasteiger partial charge in [-0.25, -0.2) is 16.8 Å². The van der Waals surface area contributed by atoms with Crippen LogP contribution in [-0.4, -0.2) is 16.8 Å². The van der Waals surface area contributed by atoms with Crippen LogP contribution in [0.3, 0.4) is 0 Å². The third-order valence-corrected chi connectivity index (χ3v) is 8.50. The zero-order valence-electron chi connectivity index (χ0n) is 13.9. The minimum atomic E-state index is -4.42. The Bertz CT molecular complexity index is 1100. The SMILES string of the molecule is Nc1ccc(N(S(=O)(=O)c2ccccc2)S(=O)(=O)c2ccccc2)c(Br)c1. The summed E-state index contributed by atoms with van der Waals surface area (Å²) >= 11 is 3.23. The number of hydrogen-bond acceptors (Lipinski definition) is 5. The normalized spacial score (nSPS) is 11.9. The standard InChI is InChI=1S/C18H15BrN2O4S2/c19-17-13-14(20)11-12-18(17)21(26(22,23)15-7-3-1-4-8-15)27(24,25)16-9-5-2-6-10-16/h1-13H,20H2. The zero-order chi connectivity index (χ0) is 19.7. The molecule has 0 spiro atoms. The van der Waals surface area contributed by atoms with Crippen LogP contribution in [0.25, 0.3) is 0 Å². The second kappa shape index (κ2) is 7.34. The molecule has 0 aliphatic carbocycles. The predicted molar refractivity (Wildman–Crippen MR) is 108 cm³/mol. The molecule has 0 aromatic heterocycles. The number of benzene rings is 3. The van der Waals surface area contributed by atoms with Crippen LogP contribution in [0.5, 0.6) is 0 Å². The monoisotopic (exact) mass is 466 g/mol. The number of rotatable bonds is 5. The van der Waals surface area contributed by atoms with Gasteiger partial charge in [0.1, 0.15) is 0 Å². The molecule has 0 saturated carbocycles. The lowest BCUT2D eigenvalue weighted by Crippen LogP contribution is -2.37. The zero-order valence-corrected chi connectivity index (χ0v) is 17.1. The molecule has 0 amide bonds. The molecule has 6 nitrogen and oxygen atoms in total. The lowest BCUT2D eigenvalue weighted by atomic mass is 10.3. The Hall–Kier alpha value is -2.36. The highest BCUT2D eigenvalue weighted by molar-refractivity contribution is 9.10. The highest BCUT2D eigenvalue weighted by Crippen LogP contribution is 2.36. The molecular formula is C18H15BrN2O4S2. The fourth-order valence-electron chi connectivity index (χ4n) is 2.44. The number of nitrogen functional groups attached to an aromatic ring is 1. The van der Waals surface area contributed by atoms with Crippen molar-refractivity contribution in [1.29, 1.82) is 0 Å². The van der Waals surface area contributed by atoms with Crippen molar-refractivity contribution in [2.24, 2.45) is 0 Å². The van der Waals surface area contributed by atoms with Crippen LogP contribution < -0.4 is 9.44 Å². The van der Waals surface area contributed by atoms with E-state index in [1.54, 1.807) is 12.1 Å². The number of anilines is 2. The van der Waals surface area contributed by atoms with Gasteiger partial charge in [0.2, 0.25) is 0 Å². The summed E-state index contributed by atoms with van der Waals surface area (Å²) in [6, 6.07) is 19.0. The van der Waals surface area contributed by atoms with Crippen molar-refractivity contribution in [1.82, 2.24) is 0 Å². The first-order chi connectivity index (χ1) is 12.7. The molecule has 0 aliphatic rings. The highest BCUT2D eigenvalue weighted by Gasteiger charge is 2.37. The largest absolute Gasteiger partial charge is 0.399 e. The molecule has 3 aromatic rings. The molecule has 3 aromatic carbocycles. The minimum absolute atomic E-state index is 0.0584. The van der Waals surface area contributed by atoms with Gasteiger partial charge >= 0.3 is 0 Å². The molecule has 0 unspecified atom stereocenters. The highest BCUT2D eigenvalue weighted by atomic mass is 79.9. The van der Waals surface area contributed by atoms with E-state index in [1.807, 2.05) is 0 Å². The average molecular weight is 467 g/mol. The molecule has 0 heterocycles. The molecule has 9 heteroatoms. The predicted octanol–water partition coefficient (Wildman–Crippen LogP) is 3.62. The van der Waals surface area contributed by atoms with Gasteiger partial charge in [0.15, 0.2) is 0 Å². The van der Waals surface area contributed by atoms with E-state index in [0.29, 0.717) is 9.40 Å². The Morgan fingerprint density at radius 3 is 1.56 bits per heavy atom. The van der Waals surface area contributed by atoms with Gasteiger partial charge < -0.3 is 5.73 Å². The van der Waals surface area contributed by atoms with Crippen molar-refractivity contribution >= 4 is 47.4 Å². The van der Waals surface area contributed by atoms with E-state index in [0.717, 1.165) is 0 Å². The van der Waals surface area contributed by atoms with E-state index >= 15 is 0 Å². The number of nitrogens with two attached hydrogens (primary N) is 1. The van der Waals surface area contributed by atoms with E-state index in [4.69, 9.17) is 5.73 Å². The fraction of sp³-hybridized carbons (Fsp3) is 0. The maximum absolute atomic E-state index is 13.3. The molecule has 0 bridgehead atoms. The third-order valence-electron chi connectivity index (χ3n) is 3.69. The van der Waals surface area contributed by atoms with E-state index in [9.17, 15) is 16.8 Å². The van der Waals surface area contributed by atoms with Crippen molar-refractivity contribution < 1.29 is 16.8 Å². The molecule has 2 N–H and O–H groups in total. The molecule has 0 atom stereocenters. The Morgan fingerprint density at radius 2 is 1.15 bits per heavy atom. The van der Waals surface area contributed by atoms with Crippen LogP contribution in [0.4, 0.5) is 11.4 Å². The molecule has 3 rings (SSSR count). The summed E-state index contributed by atoms with van der Waals surface area (Å²) in [6.45, 7) is 0. The molecule has 0 aliphatic heterocycles. The summed E-state index contributed by atoms with van der Waals surface area (Å²) in [5.74, 6) is 0. The molecule has 0 fully saturated rings. The number of hydrogen-bond donors (Lipinski definition) is 1. The Labute approximate surface area is 166 Å². The Kier molecular flexibility index (Phi) is 5.27. The van der Waals surface area contributed by atoms with Crippen LogP contribution in [0, 0.1) is 0 Å². The molecule has 0 radical (unpaired) electrons. The third kappa shape index (κ3) is 3.71. The lowest BCUT2D eigenvalue weighted by molar-refractivity contribution is 0.584. The van der Waals surface area contributed by atoms with Gasteiger partial charge in [-0.2, -0.15) is 3.71 Å². The van der Waals surface area contributed by atoms with Crippen LogP contribution in [0.2, 0.25) is 0 Å². The van der Waals surface area contributed by atoms with Gasteiger partial charge in [-0.05, 0) is 58.4 Å². The smallest absolute Gasteiger partial charge is 0.277 e. The Balaban J connectivity index is 2.31. The van der Waals surface area contributed by atoms with Crippen molar-refractivity contribution in [3.8, 4) is 0 Å². The summed E-state index contributed by atoms with van der Waals surface area (Å²) < 4.78 is 53.8. The first-order valence-corrected chi connectivity index (χ1v) is 11.4. The van der Waals surface area contributed by atoms with Crippen molar-refractivity contribution in [3.05, 3.63) is 83.3 Å². The van der Waals surface area contributed by atoms with Crippen molar-refractivity contribution in [3.63, 3.8) is 0 Å². The minimum Gasteiger partial charge on any atom is -0.399 e. The van der Waals surface area contributed by atoms with Gasteiger partial charge in [-0.15, -0.1) is 0 Å². The molecule has 0 saturated heterocycles. The van der Waals surface area contributed by atoms with E-state index in [-0.39, 0.29) is 20.0 Å². The van der Waals surface area contributed by atoms with Crippen LogP contribution >= 0.6 is 15.9 Å².